The van der Waals surface area contributed by atoms with Crippen LogP contribution in [-0.2, 0) is 20.7 Å². The first-order chi connectivity index (χ1) is 11.8. The van der Waals surface area contributed by atoms with Crippen molar-refractivity contribution in [3.8, 4) is 5.75 Å². The minimum absolute atomic E-state index is 0.271. The first kappa shape index (κ1) is 19.1. The van der Waals surface area contributed by atoms with Gasteiger partial charge in [0.2, 0.25) is 0 Å². The van der Waals surface area contributed by atoms with E-state index in [2.05, 4.69) is 5.32 Å². The molecule has 1 fully saturated rings. The average Bonchev–Trinajstić information content (AvgIpc) is 3.35. The molecule has 1 atom stereocenters. The van der Waals surface area contributed by atoms with Gasteiger partial charge in [0, 0.05) is 6.42 Å². The van der Waals surface area contributed by atoms with E-state index in [0.29, 0.717) is 12.5 Å². The topological polar surface area (TPSA) is 73.9 Å². The number of para-hydroxylation sites is 1. The smallest absolute Gasteiger partial charge is 0.408 e. The minimum atomic E-state index is -0.842. The van der Waals surface area contributed by atoms with Gasteiger partial charge >= 0.3 is 12.1 Å². The highest BCUT2D eigenvalue weighted by Crippen LogP contribution is 2.30. The summed E-state index contributed by atoms with van der Waals surface area (Å²) in [6.07, 6.45) is 2.02. The maximum absolute atomic E-state index is 12.1. The van der Waals surface area contributed by atoms with Crippen LogP contribution in [0.3, 0.4) is 0 Å². The number of rotatable bonds is 7. The number of carbonyl (C=O) groups excluding carboxylic acids is 2. The SMILES string of the molecule is COC(=O)[C@H](Cc1ccccc1OCC1CC1)NC(=O)OC(C)(C)C. The Morgan fingerprint density at radius 1 is 1.24 bits per heavy atom. The number of hydrogen-bond acceptors (Lipinski definition) is 5. The summed E-state index contributed by atoms with van der Waals surface area (Å²) in [7, 11) is 1.29. The molecule has 1 aromatic rings. The van der Waals surface area contributed by atoms with E-state index in [1.807, 2.05) is 24.3 Å². The molecule has 1 aliphatic rings. The Hall–Kier alpha value is -2.24. The van der Waals surface area contributed by atoms with Crippen molar-refractivity contribution in [1.82, 2.24) is 5.32 Å². The number of esters is 1. The summed E-state index contributed by atoms with van der Waals surface area (Å²) in [6, 6.07) is 6.68. The predicted molar refractivity (Wildman–Crippen MR) is 93.5 cm³/mol. The quantitative estimate of drug-likeness (QED) is 0.766. The molecular weight excluding hydrogens is 322 g/mol. The van der Waals surface area contributed by atoms with Gasteiger partial charge in [-0.1, -0.05) is 18.2 Å². The van der Waals surface area contributed by atoms with Crippen molar-refractivity contribution in [2.75, 3.05) is 13.7 Å². The summed E-state index contributed by atoms with van der Waals surface area (Å²) in [5.74, 6) is 0.835. The maximum atomic E-state index is 12.1. The van der Waals surface area contributed by atoms with Crippen LogP contribution in [0.2, 0.25) is 0 Å². The molecule has 0 unspecified atom stereocenters. The Balaban J connectivity index is 2.05. The van der Waals surface area contributed by atoms with Gasteiger partial charge < -0.3 is 19.5 Å². The van der Waals surface area contributed by atoms with E-state index in [1.54, 1.807) is 20.8 Å². The monoisotopic (exact) mass is 349 g/mol. The van der Waals surface area contributed by atoms with Crippen LogP contribution in [0.5, 0.6) is 5.75 Å². The number of amides is 1. The number of hydrogen-bond donors (Lipinski definition) is 1. The van der Waals surface area contributed by atoms with Crippen LogP contribution >= 0.6 is 0 Å². The van der Waals surface area contributed by atoms with Gasteiger partial charge in [0.1, 0.15) is 17.4 Å². The first-order valence-corrected chi connectivity index (χ1v) is 8.56. The number of alkyl carbamates (subject to hydrolysis) is 1. The van der Waals surface area contributed by atoms with Crippen LogP contribution in [0.4, 0.5) is 4.79 Å². The zero-order chi connectivity index (χ0) is 18.4. The Morgan fingerprint density at radius 2 is 1.92 bits per heavy atom. The molecule has 0 bridgehead atoms. The molecular formula is C19H27NO5. The molecule has 1 amide bonds. The lowest BCUT2D eigenvalue weighted by Crippen LogP contribution is -2.45. The lowest BCUT2D eigenvalue weighted by atomic mass is 10.0. The van der Waals surface area contributed by atoms with Crippen LogP contribution in [-0.4, -0.2) is 37.4 Å². The Kier molecular flexibility index (Phi) is 6.28. The Bertz CT molecular complexity index is 604. The molecule has 1 N–H and O–H groups in total. The van der Waals surface area contributed by atoms with E-state index in [1.165, 1.54) is 20.0 Å². The second kappa shape index (κ2) is 8.23. The highest BCUT2D eigenvalue weighted by Gasteiger charge is 2.27. The van der Waals surface area contributed by atoms with E-state index in [4.69, 9.17) is 14.2 Å². The van der Waals surface area contributed by atoms with Crippen molar-refractivity contribution in [3.05, 3.63) is 29.8 Å². The molecule has 6 heteroatoms. The third-order valence-electron chi connectivity index (χ3n) is 3.74. The van der Waals surface area contributed by atoms with Crippen LogP contribution in [0, 0.1) is 5.92 Å². The van der Waals surface area contributed by atoms with E-state index in [0.717, 1.165) is 11.3 Å². The lowest BCUT2D eigenvalue weighted by Gasteiger charge is -2.23. The highest BCUT2D eigenvalue weighted by atomic mass is 16.6. The molecule has 0 saturated heterocycles. The summed E-state index contributed by atoms with van der Waals surface area (Å²) in [6.45, 7) is 5.97. The minimum Gasteiger partial charge on any atom is -0.493 e. The molecule has 0 aromatic heterocycles. The van der Waals surface area contributed by atoms with Crippen molar-refractivity contribution in [1.29, 1.82) is 0 Å². The summed E-state index contributed by atoms with van der Waals surface area (Å²) in [5.41, 5.74) is 0.199. The second-order valence-electron chi connectivity index (χ2n) is 7.29. The van der Waals surface area contributed by atoms with Gasteiger partial charge in [-0.25, -0.2) is 9.59 Å². The number of carbonyl (C=O) groups is 2. The summed E-state index contributed by atoms with van der Waals surface area (Å²) < 4.78 is 15.9. The number of nitrogens with one attached hydrogen (secondary N) is 1. The fourth-order valence-electron chi connectivity index (χ4n) is 2.31. The standard InChI is InChI=1S/C19H27NO5/c1-19(2,3)25-18(22)20-15(17(21)23-4)11-14-7-5-6-8-16(14)24-12-13-9-10-13/h5-8,13,15H,9-12H2,1-4H3,(H,20,22)/t15-/m0/s1. The van der Waals surface area contributed by atoms with Crippen molar-refractivity contribution in [3.63, 3.8) is 0 Å². The normalized spacial score (nSPS) is 15.2. The van der Waals surface area contributed by atoms with Crippen molar-refractivity contribution < 1.29 is 23.8 Å². The molecule has 1 saturated carbocycles. The molecule has 1 aliphatic carbocycles. The third kappa shape index (κ3) is 6.64. The predicted octanol–water partition coefficient (Wildman–Crippen LogP) is 3.08. The molecule has 0 radical (unpaired) electrons. The molecule has 2 rings (SSSR count). The van der Waals surface area contributed by atoms with Crippen LogP contribution in [0.25, 0.3) is 0 Å². The summed E-state index contributed by atoms with van der Waals surface area (Å²) >= 11 is 0. The molecule has 0 aliphatic heterocycles. The highest BCUT2D eigenvalue weighted by molar-refractivity contribution is 5.81. The van der Waals surface area contributed by atoms with E-state index >= 15 is 0 Å². The first-order valence-electron chi connectivity index (χ1n) is 8.56. The Morgan fingerprint density at radius 3 is 2.52 bits per heavy atom. The number of benzene rings is 1. The van der Waals surface area contributed by atoms with Gasteiger partial charge in [-0.3, -0.25) is 0 Å². The van der Waals surface area contributed by atoms with Crippen LogP contribution < -0.4 is 10.1 Å². The zero-order valence-electron chi connectivity index (χ0n) is 15.3. The maximum Gasteiger partial charge on any atom is 0.408 e. The Labute approximate surface area is 148 Å². The van der Waals surface area contributed by atoms with Crippen LogP contribution in [0.1, 0.15) is 39.2 Å². The summed E-state index contributed by atoms with van der Waals surface area (Å²) in [4.78, 5) is 24.1. The summed E-state index contributed by atoms with van der Waals surface area (Å²) in [5, 5.41) is 2.59. The molecule has 25 heavy (non-hydrogen) atoms. The fourth-order valence-corrected chi connectivity index (χ4v) is 2.31. The third-order valence-corrected chi connectivity index (χ3v) is 3.74. The van der Waals surface area contributed by atoms with E-state index in [9.17, 15) is 9.59 Å². The molecule has 138 valence electrons. The largest absolute Gasteiger partial charge is 0.493 e. The van der Waals surface area contributed by atoms with Crippen molar-refractivity contribution >= 4 is 12.1 Å². The van der Waals surface area contributed by atoms with Gasteiger partial charge in [-0.15, -0.1) is 0 Å². The molecule has 0 spiro atoms. The van der Waals surface area contributed by atoms with Gasteiger partial charge in [0.15, 0.2) is 0 Å². The van der Waals surface area contributed by atoms with Crippen LogP contribution in [0.15, 0.2) is 24.3 Å². The van der Waals surface area contributed by atoms with Crippen molar-refractivity contribution in [2.45, 2.75) is 51.7 Å². The van der Waals surface area contributed by atoms with Gasteiger partial charge in [0.05, 0.1) is 13.7 Å². The molecule has 0 heterocycles. The molecule has 1 aromatic carbocycles. The number of ether oxygens (including phenoxy) is 3. The fraction of sp³-hybridized carbons (Fsp3) is 0.579. The van der Waals surface area contributed by atoms with Crippen molar-refractivity contribution in [2.24, 2.45) is 5.92 Å². The second-order valence-corrected chi connectivity index (χ2v) is 7.29. The van der Waals surface area contributed by atoms with Gasteiger partial charge in [-0.2, -0.15) is 0 Å². The van der Waals surface area contributed by atoms with E-state index < -0.39 is 23.7 Å². The zero-order valence-corrected chi connectivity index (χ0v) is 15.3. The average molecular weight is 349 g/mol. The van der Waals surface area contributed by atoms with Gasteiger partial charge in [-0.05, 0) is 51.2 Å². The lowest BCUT2D eigenvalue weighted by molar-refractivity contribution is -0.143. The molecule has 6 nitrogen and oxygen atoms in total. The number of methoxy groups -OCH3 is 1. The van der Waals surface area contributed by atoms with Gasteiger partial charge in [0.25, 0.3) is 0 Å². The van der Waals surface area contributed by atoms with E-state index in [-0.39, 0.29) is 6.42 Å².